The Morgan fingerprint density at radius 3 is 2.55 bits per heavy atom. The Balaban J connectivity index is 2.52. The van der Waals surface area contributed by atoms with Crippen molar-refractivity contribution in [2.75, 3.05) is 25.4 Å². The SMILES string of the molecule is CCN(CC)C(=O)CCNC(=O)c1cccc(N)c1Br. The Hall–Kier alpha value is -1.56. The van der Waals surface area contributed by atoms with Gasteiger partial charge in [0.05, 0.1) is 10.0 Å². The lowest BCUT2D eigenvalue weighted by atomic mass is 10.2. The van der Waals surface area contributed by atoms with Gasteiger partial charge in [-0.2, -0.15) is 0 Å². The van der Waals surface area contributed by atoms with Crippen LogP contribution in [-0.2, 0) is 4.79 Å². The second-order valence-electron chi connectivity index (χ2n) is 4.28. The molecule has 1 rings (SSSR count). The Labute approximate surface area is 127 Å². The van der Waals surface area contributed by atoms with Crippen LogP contribution in [0.15, 0.2) is 22.7 Å². The van der Waals surface area contributed by atoms with E-state index in [-0.39, 0.29) is 11.8 Å². The van der Waals surface area contributed by atoms with Crippen molar-refractivity contribution in [1.82, 2.24) is 10.2 Å². The maximum absolute atomic E-state index is 12.0. The Morgan fingerprint density at radius 1 is 1.30 bits per heavy atom. The van der Waals surface area contributed by atoms with Crippen LogP contribution in [0.5, 0.6) is 0 Å². The van der Waals surface area contributed by atoms with Gasteiger partial charge in [-0.15, -0.1) is 0 Å². The molecule has 3 N–H and O–H groups in total. The summed E-state index contributed by atoms with van der Waals surface area (Å²) >= 11 is 3.29. The van der Waals surface area contributed by atoms with Gasteiger partial charge in [-0.05, 0) is 41.9 Å². The van der Waals surface area contributed by atoms with Gasteiger partial charge < -0.3 is 16.0 Å². The molecule has 0 aliphatic carbocycles. The molecule has 0 unspecified atom stereocenters. The number of hydrogen-bond acceptors (Lipinski definition) is 3. The highest BCUT2D eigenvalue weighted by molar-refractivity contribution is 9.10. The van der Waals surface area contributed by atoms with E-state index in [1.54, 1.807) is 23.1 Å². The fraction of sp³-hybridized carbons (Fsp3) is 0.429. The number of benzene rings is 1. The highest BCUT2D eigenvalue weighted by atomic mass is 79.9. The highest BCUT2D eigenvalue weighted by Gasteiger charge is 2.13. The van der Waals surface area contributed by atoms with Gasteiger partial charge in [-0.1, -0.05) is 6.07 Å². The Kier molecular flexibility index (Phi) is 6.51. The Morgan fingerprint density at radius 2 is 1.95 bits per heavy atom. The van der Waals surface area contributed by atoms with E-state index in [0.717, 1.165) is 0 Å². The van der Waals surface area contributed by atoms with Crippen LogP contribution in [0.2, 0.25) is 0 Å². The molecule has 20 heavy (non-hydrogen) atoms. The molecule has 5 nitrogen and oxygen atoms in total. The molecule has 0 fully saturated rings. The van der Waals surface area contributed by atoms with Crippen LogP contribution in [0.25, 0.3) is 0 Å². The minimum Gasteiger partial charge on any atom is -0.398 e. The van der Waals surface area contributed by atoms with Crippen molar-refractivity contribution in [3.05, 3.63) is 28.2 Å². The molecule has 0 aliphatic rings. The van der Waals surface area contributed by atoms with Crippen LogP contribution in [-0.4, -0.2) is 36.3 Å². The van der Waals surface area contributed by atoms with Crippen molar-refractivity contribution >= 4 is 33.4 Å². The zero-order valence-electron chi connectivity index (χ0n) is 11.8. The lowest BCUT2D eigenvalue weighted by molar-refractivity contribution is -0.130. The van der Waals surface area contributed by atoms with E-state index < -0.39 is 0 Å². The van der Waals surface area contributed by atoms with Crippen LogP contribution < -0.4 is 11.1 Å². The third-order valence-corrected chi connectivity index (χ3v) is 3.90. The first-order valence-electron chi connectivity index (χ1n) is 6.61. The van der Waals surface area contributed by atoms with Gasteiger partial charge in [0.25, 0.3) is 5.91 Å². The number of nitrogens with one attached hydrogen (secondary N) is 1. The van der Waals surface area contributed by atoms with Crippen LogP contribution in [0.1, 0.15) is 30.6 Å². The second-order valence-corrected chi connectivity index (χ2v) is 5.07. The zero-order valence-corrected chi connectivity index (χ0v) is 13.4. The molecule has 1 aromatic rings. The van der Waals surface area contributed by atoms with E-state index in [1.807, 2.05) is 13.8 Å². The van der Waals surface area contributed by atoms with Crippen LogP contribution >= 0.6 is 15.9 Å². The number of nitrogens with zero attached hydrogens (tertiary/aromatic N) is 1. The van der Waals surface area contributed by atoms with Crippen molar-refractivity contribution in [3.8, 4) is 0 Å². The standard InChI is InChI=1S/C14H20BrN3O2/c1-3-18(4-2)12(19)8-9-17-14(20)10-6-5-7-11(16)13(10)15/h5-7H,3-4,8-9,16H2,1-2H3,(H,17,20). The van der Waals surface area contributed by atoms with E-state index in [0.29, 0.717) is 41.8 Å². The van der Waals surface area contributed by atoms with Gasteiger partial charge >= 0.3 is 0 Å². The molecular formula is C14H20BrN3O2. The molecule has 0 bridgehead atoms. The summed E-state index contributed by atoms with van der Waals surface area (Å²) in [6.07, 6.45) is 0.299. The molecule has 0 aromatic heterocycles. The predicted molar refractivity (Wildman–Crippen MR) is 83.4 cm³/mol. The largest absolute Gasteiger partial charge is 0.398 e. The summed E-state index contributed by atoms with van der Waals surface area (Å²) in [5.41, 5.74) is 6.71. The molecule has 2 amide bonds. The molecule has 6 heteroatoms. The minimum absolute atomic E-state index is 0.0435. The van der Waals surface area contributed by atoms with Gasteiger partial charge in [-0.3, -0.25) is 9.59 Å². The molecule has 0 aliphatic heterocycles. The molecular weight excluding hydrogens is 322 g/mol. The monoisotopic (exact) mass is 341 g/mol. The quantitative estimate of drug-likeness (QED) is 0.777. The van der Waals surface area contributed by atoms with E-state index in [4.69, 9.17) is 5.73 Å². The smallest absolute Gasteiger partial charge is 0.252 e. The van der Waals surface area contributed by atoms with E-state index in [9.17, 15) is 9.59 Å². The molecule has 0 heterocycles. The van der Waals surface area contributed by atoms with Crippen molar-refractivity contribution in [1.29, 1.82) is 0 Å². The number of nitrogens with two attached hydrogens (primary N) is 1. The number of carbonyl (C=O) groups excluding carboxylic acids is 2. The number of nitrogen functional groups attached to an aromatic ring is 1. The van der Waals surface area contributed by atoms with E-state index >= 15 is 0 Å². The summed E-state index contributed by atoms with van der Waals surface area (Å²) in [5, 5.41) is 2.73. The fourth-order valence-electron chi connectivity index (χ4n) is 1.84. The Bertz CT molecular complexity index is 487. The number of halogens is 1. The summed E-state index contributed by atoms with van der Waals surface area (Å²) in [6.45, 7) is 5.55. The lowest BCUT2D eigenvalue weighted by Crippen LogP contribution is -2.34. The molecule has 110 valence electrons. The predicted octanol–water partition coefficient (Wildman–Crippen LogP) is 2.02. The number of hydrogen-bond donors (Lipinski definition) is 2. The minimum atomic E-state index is -0.239. The summed E-state index contributed by atoms with van der Waals surface area (Å²) in [6, 6.07) is 5.11. The van der Waals surface area contributed by atoms with Gasteiger partial charge in [0.1, 0.15) is 0 Å². The van der Waals surface area contributed by atoms with Crippen molar-refractivity contribution in [2.24, 2.45) is 0 Å². The van der Waals surface area contributed by atoms with E-state index in [2.05, 4.69) is 21.2 Å². The van der Waals surface area contributed by atoms with Crippen LogP contribution in [0.3, 0.4) is 0 Å². The molecule has 0 spiro atoms. The molecule has 1 aromatic carbocycles. The topological polar surface area (TPSA) is 75.4 Å². The fourth-order valence-corrected chi connectivity index (χ4v) is 2.28. The summed E-state index contributed by atoms with van der Waals surface area (Å²) in [5.74, 6) is -0.196. The first-order valence-corrected chi connectivity index (χ1v) is 7.40. The average molecular weight is 342 g/mol. The van der Waals surface area contributed by atoms with Crippen molar-refractivity contribution in [3.63, 3.8) is 0 Å². The van der Waals surface area contributed by atoms with Crippen molar-refractivity contribution in [2.45, 2.75) is 20.3 Å². The van der Waals surface area contributed by atoms with Gasteiger partial charge in [-0.25, -0.2) is 0 Å². The van der Waals surface area contributed by atoms with Crippen LogP contribution in [0, 0.1) is 0 Å². The van der Waals surface area contributed by atoms with E-state index in [1.165, 1.54) is 0 Å². The molecule has 0 radical (unpaired) electrons. The highest BCUT2D eigenvalue weighted by Crippen LogP contribution is 2.23. The lowest BCUT2D eigenvalue weighted by Gasteiger charge is -2.18. The molecule has 0 saturated heterocycles. The zero-order chi connectivity index (χ0) is 15.1. The van der Waals surface area contributed by atoms with Gasteiger partial charge in [0, 0.05) is 31.7 Å². The molecule has 0 atom stereocenters. The third kappa shape index (κ3) is 4.23. The van der Waals surface area contributed by atoms with Crippen molar-refractivity contribution < 1.29 is 9.59 Å². The third-order valence-electron chi connectivity index (χ3n) is 3.01. The summed E-state index contributed by atoms with van der Waals surface area (Å²) in [7, 11) is 0. The van der Waals surface area contributed by atoms with Gasteiger partial charge in [0.2, 0.25) is 5.91 Å². The van der Waals surface area contributed by atoms with Crippen LogP contribution in [0.4, 0.5) is 5.69 Å². The maximum atomic E-state index is 12.0. The molecule has 0 saturated carbocycles. The number of rotatable bonds is 6. The summed E-state index contributed by atoms with van der Waals surface area (Å²) in [4.78, 5) is 25.5. The normalized spacial score (nSPS) is 10.2. The summed E-state index contributed by atoms with van der Waals surface area (Å²) < 4.78 is 0.576. The number of amides is 2. The van der Waals surface area contributed by atoms with Gasteiger partial charge in [0.15, 0.2) is 0 Å². The first kappa shape index (κ1) is 16.5. The number of anilines is 1. The second kappa shape index (κ2) is 7.89. The maximum Gasteiger partial charge on any atom is 0.252 e. The number of carbonyl (C=O) groups is 2. The first-order chi connectivity index (χ1) is 9.51. The average Bonchev–Trinajstić information content (AvgIpc) is 2.43.